The number of rotatable bonds is 4. The van der Waals surface area contributed by atoms with E-state index in [0.717, 1.165) is 6.42 Å². The highest BCUT2D eigenvalue weighted by atomic mass is 35.5. The lowest BCUT2D eigenvalue weighted by Gasteiger charge is -2.31. The fourth-order valence-corrected chi connectivity index (χ4v) is 1.53. The first-order valence-corrected chi connectivity index (χ1v) is 5.75. The van der Waals surface area contributed by atoms with Gasteiger partial charge in [0.1, 0.15) is 0 Å². The molecule has 4 nitrogen and oxygen atoms in total. The van der Waals surface area contributed by atoms with Gasteiger partial charge in [-0.1, -0.05) is 32.4 Å². The molecule has 3 N–H and O–H groups in total. The quantitative estimate of drug-likeness (QED) is 0.851. The highest BCUT2D eigenvalue weighted by Crippen LogP contribution is 2.24. The van der Waals surface area contributed by atoms with Crippen molar-refractivity contribution in [3.8, 4) is 0 Å². The highest BCUT2D eigenvalue weighted by Gasteiger charge is 2.24. The second kappa shape index (κ2) is 5.46. The number of halogens is 1. The van der Waals surface area contributed by atoms with Crippen molar-refractivity contribution in [2.75, 3.05) is 11.9 Å². The Hall–Kier alpha value is -0.870. The average Bonchev–Trinajstić information content (AvgIpc) is 2.19. The number of nitrogens with zero attached hydrogens (tertiary/aromatic N) is 2. The molecule has 1 rings (SSSR count). The van der Waals surface area contributed by atoms with Gasteiger partial charge in [0.25, 0.3) is 0 Å². The molecule has 0 spiro atoms. The molecule has 1 aromatic heterocycles. The molecule has 90 valence electrons. The zero-order chi connectivity index (χ0) is 12.2. The number of anilines is 1. The summed E-state index contributed by atoms with van der Waals surface area (Å²) in [5.74, 6) is 0.595. The Morgan fingerprint density at radius 3 is 2.38 bits per heavy atom. The maximum absolute atomic E-state index is 5.73. The first-order chi connectivity index (χ1) is 7.43. The standard InChI is InChI=1S/C11H19ClN4/c1-11(2,3)9(4-5-13)16-10-14-6-8(12)7-15-10/h6-7,9H,4-5,13H2,1-3H3,(H,14,15,16). The number of hydrogen-bond acceptors (Lipinski definition) is 4. The fourth-order valence-electron chi connectivity index (χ4n) is 1.43. The second-order valence-corrected chi connectivity index (χ2v) is 5.30. The summed E-state index contributed by atoms with van der Waals surface area (Å²) in [5.41, 5.74) is 5.72. The Labute approximate surface area is 102 Å². The lowest BCUT2D eigenvalue weighted by atomic mass is 9.85. The molecule has 0 fully saturated rings. The molecular weight excluding hydrogens is 224 g/mol. The molecule has 5 heteroatoms. The summed E-state index contributed by atoms with van der Waals surface area (Å²) in [6.07, 6.45) is 4.05. The van der Waals surface area contributed by atoms with Crippen LogP contribution in [0.5, 0.6) is 0 Å². The Kier molecular flexibility index (Phi) is 4.50. The van der Waals surface area contributed by atoms with Gasteiger partial charge in [-0.05, 0) is 18.4 Å². The summed E-state index contributed by atoms with van der Waals surface area (Å²) in [6, 6.07) is 0.249. The van der Waals surface area contributed by atoms with Crippen molar-refractivity contribution in [2.45, 2.75) is 33.2 Å². The van der Waals surface area contributed by atoms with Gasteiger partial charge in [0.05, 0.1) is 17.4 Å². The van der Waals surface area contributed by atoms with Crippen molar-refractivity contribution in [1.82, 2.24) is 9.97 Å². The first kappa shape index (κ1) is 13.2. The van der Waals surface area contributed by atoms with Gasteiger partial charge in [-0.25, -0.2) is 9.97 Å². The Bertz CT molecular complexity index is 318. The molecular formula is C11H19ClN4. The molecule has 0 amide bonds. The number of nitrogens with two attached hydrogens (primary N) is 1. The first-order valence-electron chi connectivity index (χ1n) is 5.37. The minimum Gasteiger partial charge on any atom is -0.351 e. The van der Waals surface area contributed by atoms with Crippen LogP contribution in [0.15, 0.2) is 12.4 Å². The summed E-state index contributed by atoms with van der Waals surface area (Å²) >= 11 is 5.73. The van der Waals surface area contributed by atoms with Crippen LogP contribution in [-0.2, 0) is 0 Å². The van der Waals surface area contributed by atoms with Crippen LogP contribution in [0.3, 0.4) is 0 Å². The SMILES string of the molecule is CC(C)(C)C(CCN)Nc1ncc(Cl)cn1. The van der Waals surface area contributed by atoms with Gasteiger partial charge in [-0.15, -0.1) is 0 Å². The van der Waals surface area contributed by atoms with Gasteiger partial charge in [-0.3, -0.25) is 0 Å². The normalized spacial score (nSPS) is 13.6. The molecule has 0 radical (unpaired) electrons. The van der Waals surface area contributed by atoms with Crippen LogP contribution in [0.2, 0.25) is 5.02 Å². The molecule has 16 heavy (non-hydrogen) atoms. The van der Waals surface area contributed by atoms with Gasteiger partial charge in [0.15, 0.2) is 0 Å². The van der Waals surface area contributed by atoms with E-state index in [2.05, 4.69) is 36.1 Å². The largest absolute Gasteiger partial charge is 0.351 e. The zero-order valence-electron chi connectivity index (χ0n) is 10.00. The van der Waals surface area contributed by atoms with E-state index in [1.165, 1.54) is 0 Å². The molecule has 0 saturated heterocycles. The van der Waals surface area contributed by atoms with E-state index in [0.29, 0.717) is 17.5 Å². The van der Waals surface area contributed by atoms with Crippen molar-refractivity contribution >= 4 is 17.5 Å². The van der Waals surface area contributed by atoms with E-state index in [1.54, 1.807) is 12.4 Å². The topological polar surface area (TPSA) is 63.8 Å². The van der Waals surface area contributed by atoms with Crippen molar-refractivity contribution in [2.24, 2.45) is 11.1 Å². The van der Waals surface area contributed by atoms with Crippen LogP contribution < -0.4 is 11.1 Å². The number of nitrogens with one attached hydrogen (secondary N) is 1. The minimum atomic E-state index is 0.113. The van der Waals surface area contributed by atoms with Crippen LogP contribution in [0.25, 0.3) is 0 Å². The third-order valence-corrected chi connectivity index (χ3v) is 2.62. The van der Waals surface area contributed by atoms with Crippen LogP contribution >= 0.6 is 11.6 Å². The maximum Gasteiger partial charge on any atom is 0.222 e. The lowest BCUT2D eigenvalue weighted by molar-refractivity contribution is 0.327. The number of aromatic nitrogens is 2. The molecule has 1 atom stereocenters. The molecule has 0 bridgehead atoms. The maximum atomic E-state index is 5.73. The summed E-state index contributed by atoms with van der Waals surface area (Å²) < 4.78 is 0. The molecule has 0 aliphatic rings. The van der Waals surface area contributed by atoms with E-state index in [-0.39, 0.29) is 11.5 Å². The van der Waals surface area contributed by atoms with Crippen LogP contribution in [0.4, 0.5) is 5.95 Å². The Morgan fingerprint density at radius 2 is 1.94 bits per heavy atom. The fraction of sp³-hybridized carbons (Fsp3) is 0.636. The summed E-state index contributed by atoms with van der Waals surface area (Å²) in [6.45, 7) is 7.13. The molecule has 0 aliphatic carbocycles. The average molecular weight is 243 g/mol. The zero-order valence-corrected chi connectivity index (χ0v) is 10.8. The molecule has 1 unspecified atom stereocenters. The van der Waals surface area contributed by atoms with E-state index < -0.39 is 0 Å². The van der Waals surface area contributed by atoms with Crippen molar-refractivity contribution in [3.05, 3.63) is 17.4 Å². The second-order valence-electron chi connectivity index (χ2n) is 4.87. The van der Waals surface area contributed by atoms with Crippen molar-refractivity contribution in [1.29, 1.82) is 0 Å². The molecule has 1 aromatic rings. The van der Waals surface area contributed by atoms with E-state index >= 15 is 0 Å². The van der Waals surface area contributed by atoms with Crippen LogP contribution in [0.1, 0.15) is 27.2 Å². The van der Waals surface area contributed by atoms with E-state index in [9.17, 15) is 0 Å². The van der Waals surface area contributed by atoms with Crippen LogP contribution in [-0.4, -0.2) is 22.6 Å². The van der Waals surface area contributed by atoms with E-state index in [1.807, 2.05) is 0 Å². The Morgan fingerprint density at radius 1 is 1.38 bits per heavy atom. The smallest absolute Gasteiger partial charge is 0.222 e. The lowest BCUT2D eigenvalue weighted by Crippen LogP contribution is -2.36. The predicted molar refractivity (Wildman–Crippen MR) is 67.6 cm³/mol. The highest BCUT2D eigenvalue weighted by molar-refractivity contribution is 6.30. The van der Waals surface area contributed by atoms with Gasteiger partial charge in [0, 0.05) is 6.04 Å². The van der Waals surface area contributed by atoms with E-state index in [4.69, 9.17) is 17.3 Å². The molecule has 0 aromatic carbocycles. The van der Waals surface area contributed by atoms with Gasteiger partial charge in [-0.2, -0.15) is 0 Å². The Balaban J connectivity index is 2.72. The third kappa shape index (κ3) is 3.94. The summed E-state index contributed by atoms with van der Waals surface area (Å²) in [5, 5.41) is 3.82. The van der Waals surface area contributed by atoms with Gasteiger partial charge in [0.2, 0.25) is 5.95 Å². The van der Waals surface area contributed by atoms with Gasteiger partial charge >= 0.3 is 0 Å². The number of hydrogen-bond donors (Lipinski definition) is 2. The van der Waals surface area contributed by atoms with Crippen molar-refractivity contribution < 1.29 is 0 Å². The van der Waals surface area contributed by atoms with Crippen molar-refractivity contribution in [3.63, 3.8) is 0 Å². The molecule has 0 saturated carbocycles. The minimum absolute atomic E-state index is 0.113. The summed E-state index contributed by atoms with van der Waals surface area (Å²) in [4.78, 5) is 8.24. The van der Waals surface area contributed by atoms with Gasteiger partial charge < -0.3 is 11.1 Å². The predicted octanol–water partition coefficient (Wildman–Crippen LogP) is 2.31. The van der Waals surface area contributed by atoms with Crippen LogP contribution in [0, 0.1) is 5.41 Å². The molecule has 0 aliphatic heterocycles. The third-order valence-electron chi connectivity index (χ3n) is 2.42. The molecule has 1 heterocycles. The monoisotopic (exact) mass is 242 g/mol. The summed E-state index contributed by atoms with van der Waals surface area (Å²) in [7, 11) is 0.